The highest BCUT2D eigenvalue weighted by molar-refractivity contribution is 5.92. The summed E-state index contributed by atoms with van der Waals surface area (Å²) in [6.07, 6.45) is 0.109. The minimum Gasteiger partial charge on any atom is -0.459 e. The number of amides is 1. The summed E-state index contributed by atoms with van der Waals surface area (Å²) in [7, 11) is 0. The molecule has 0 spiro atoms. The van der Waals surface area contributed by atoms with E-state index in [0.717, 1.165) is 5.56 Å². The van der Waals surface area contributed by atoms with Gasteiger partial charge in [0.25, 0.3) is 5.69 Å². The summed E-state index contributed by atoms with van der Waals surface area (Å²) in [6.45, 7) is -0.175. The van der Waals surface area contributed by atoms with Crippen molar-refractivity contribution in [3.05, 3.63) is 82.1 Å². The van der Waals surface area contributed by atoms with Crippen molar-refractivity contribution in [3.8, 4) is 11.3 Å². The number of anilines is 1. The molecule has 0 saturated carbocycles. The van der Waals surface area contributed by atoms with Crippen LogP contribution in [0.15, 0.2) is 65.1 Å². The molecule has 132 valence electrons. The van der Waals surface area contributed by atoms with Crippen molar-refractivity contribution in [2.24, 2.45) is 0 Å². The second-order valence-corrected chi connectivity index (χ2v) is 5.65. The number of nitro benzene ring substituents is 1. The normalized spacial score (nSPS) is 10.5. The lowest BCUT2D eigenvalue weighted by Crippen LogP contribution is -2.14. The molecule has 0 bridgehead atoms. The Kier molecular flexibility index (Phi) is 5.09. The van der Waals surface area contributed by atoms with Crippen LogP contribution in [0.3, 0.4) is 0 Å². The highest BCUT2D eigenvalue weighted by Gasteiger charge is 2.09. The number of carbonyl (C=O) groups is 1. The number of nitrogens with zero attached hydrogens (tertiary/aromatic N) is 1. The van der Waals surface area contributed by atoms with Crippen LogP contribution in [0.1, 0.15) is 11.3 Å². The summed E-state index contributed by atoms with van der Waals surface area (Å²) in [6, 6.07) is 16.5. The minimum atomic E-state index is -0.480. The molecule has 0 atom stereocenters. The molecule has 0 fully saturated rings. The van der Waals surface area contributed by atoms with Crippen molar-refractivity contribution in [1.82, 2.24) is 0 Å². The molecule has 0 aliphatic rings. The molecule has 3 aromatic rings. The Morgan fingerprint density at radius 1 is 1.12 bits per heavy atom. The first-order chi connectivity index (χ1) is 12.5. The lowest BCUT2D eigenvalue weighted by atomic mass is 10.1. The average molecular weight is 352 g/mol. The number of aliphatic hydroxyl groups excluding tert-OH is 1. The van der Waals surface area contributed by atoms with E-state index in [4.69, 9.17) is 9.52 Å². The SMILES string of the molecule is O=C(Cc1ccc([N+](=O)[O-])cc1)Nc1cccc(-c2ccc(CO)o2)c1. The summed E-state index contributed by atoms with van der Waals surface area (Å²) in [5.74, 6) is 0.833. The number of furan rings is 1. The molecule has 3 rings (SSSR count). The molecule has 0 unspecified atom stereocenters. The Morgan fingerprint density at radius 2 is 1.88 bits per heavy atom. The van der Waals surface area contributed by atoms with Gasteiger partial charge in [0, 0.05) is 23.4 Å². The molecule has 2 N–H and O–H groups in total. The number of nitrogens with one attached hydrogen (secondary N) is 1. The lowest BCUT2D eigenvalue weighted by molar-refractivity contribution is -0.384. The van der Waals surface area contributed by atoms with Gasteiger partial charge in [-0.05, 0) is 29.8 Å². The fourth-order valence-electron chi connectivity index (χ4n) is 2.49. The third-order valence-electron chi connectivity index (χ3n) is 3.76. The van der Waals surface area contributed by atoms with Gasteiger partial charge in [-0.15, -0.1) is 0 Å². The van der Waals surface area contributed by atoms with Crippen molar-refractivity contribution in [3.63, 3.8) is 0 Å². The van der Waals surface area contributed by atoms with Gasteiger partial charge in [-0.3, -0.25) is 14.9 Å². The topological polar surface area (TPSA) is 106 Å². The molecule has 0 aliphatic carbocycles. The number of hydrogen-bond acceptors (Lipinski definition) is 5. The van der Waals surface area contributed by atoms with E-state index in [2.05, 4.69) is 5.32 Å². The first-order valence-corrected chi connectivity index (χ1v) is 7.88. The molecular formula is C19H16N2O5. The number of benzene rings is 2. The summed E-state index contributed by atoms with van der Waals surface area (Å²) in [4.78, 5) is 22.4. The van der Waals surface area contributed by atoms with E-state index in [9.17, 15) is 14.9 Å². The fourth-order valence-corrected chi connectivity index (χ4v) is 2.49. The van der Waals surface area contributed by atoms with Crippen LogP contribution < -0.4 is 5.32 Å². The Balaban J connectivity index is 1.67. The molecule has 1 aromatic heterocycles. The highest BCUT2D eigenvalue weighted by atomic mass is 16.6. The first-order valence-electron chi connectivity index (χ1n) is 7.88. The van der Waals surface area contributed by atoms with E-state index in [1.165, 1.54) is 12.1 Å². The summed E-state index contributed by atoms with van der Waals surface area (Å²) < 4.78 is 5.49. The van der Waals surface area contributed by atoms with Gasteiger partial charge >= 0.3 is 0 Å². The Bertz CT molecular complexity index is 931. The van der Waals surface area contributed by atoms with Crippen LogP contribution in [-0.4, -0.2) is 15.9 Å². The minimum absolute atomic E-state index is 0.0115. The Hall–Kier alpha value is -3.45. The van der Waals surface area contributed by atoms with Crippen LogP contribution in [0.4, 0.5) is 11.4 Å². The van der Waals surface area contributed by atoms with Gasteiger partial charge in [-0.2, -0.15) is 0 Å². The average Bonchev–Trinajstić information content (AvgIpc) is 3.11. The van der Waals surface area contributed by atoms with Crippen molar-refractivity contribution in [1.29, 1.82) is 0 Å². The maximum Gasteiger partial charge on any atom is 0.269 e. The molecule has 2 aromatic carbocycles. The van der Waals surface area contributed by atoms with Crippen LogP contribution in [0.5, 0.6) is 0 Å². The second kappa shape index (κ2) is 7.62. The Morgan fingerprint density at radius 3 is 2.54 bits per heavy atom. The van der Waals surface area contributed by atoms with E-state index in [1.54, 1.807) is 42.5 Å². The number of nitro groups is 1. The zero-order valence-electron chi connectivity index (χ0n) is 13.7. The lowest BCUT2D eigenvalue weighted by Gasteiger charge is -2.07. The van der Waals surface area contributed by atoms with Gasteiger partial charge in [-0.1, -0.05) is 24.3 Å². The summed E-state index contributed by atoms with van der Waals surface area (Å²) in [5, 5.41) is 22.5. The van der Waals surface area contributed by atoms with E-state index >= 15 is 0 Å². The predicted octanol–water partition coefficient (Wildman–Crippen LogP) is 3.53. The van der Waals surface area contributed by atoms with Gasteiger partial charge in [0.1, 0.15) is 18.1 Å². The van der Waals surface area contributed by atoms with Crippen LogP contribution in [-0.2, 0) is 17.8 Å². The van der Waals surface area contributed by atoms with Crippen LogP contribution in [0, 0.1) is 10.1 Å². The van der Waals surface area contributed by atoms with Gasteiger partial charge in [-0.25, -0.2) is 0 Å². The first kappa shape index (κ1) is 17.4. The molecule has 7 heteroatoms. The molecule has 0 radical (unpaired) electrons. The predicted molar refractivity (Wildman–Crippen MR) is 95.5 cm³/mol. The molecule has 0 aliphatic heterocycles. The van der Waals surface area contributed by atoms with Crippen LogP contribution in [0.2, 0.25) is 0 Å². The van der Waals surface area contributed by atoms with Gasteiger partial charge in [0.15, 0.2) is 0 Å². The van der Waals surface area contributed by atoms with Crippen LogP contribution >= 0.6 is 0 Å². The quantitative estimate of drug-likeness (QED) is 0.521. The molecule has 26 heavy (non-hydrogen) atoms. The zero-order valence-corrected chi connectivity index (χ0v) is 13.7. The smallest absolute Gasteiger partial charge is 0.269 e. The standard InChI is InChI=1S/C19H16N2O5/c22-12-17-8-9-18(26-17)14-2-1-3-15(11-14)20-19(23)10-13-4-6-16(7-5-13)21(24)25/h1-9,11,22H,10,12H2,(H,20,23). The highest BCUT2D eigenvalue weighted by Crippen LogP contribution is 2.25. The van der Waals surface area contributed by atoms with E-state index in [0.29, 0.717) is 22.8 Å². The zero-order chi connectivity index (χ0) is 18.5. The third-order valence-corrected chi connectivity index (χ3v) is 3.76. The van der Waals surface area contributed by atoms with Crippen molar-refractivity contribution in [2.45, 2.75) is 13.0 Å². The molecule has 1 amide bonds. The van der Waals surface area contributed by atoms with Gasteiger partial charge in [0.05, 0.1) is 11.3 Å². The second-order valence-electron chi connectivity index (χ2n) is 5.65. The number of rotatable bonds is 6. The van der Waals surface area contributed by atoms with Gasteiger partial charge in [0.2, 0.25) is 5.91 Å². The van der Waals surface area contributed by atoms with E-state index < -0.39 is 4.92 Å². The van der Waals surface area contributed by atoms with E-state index in [1.807, 2.05) is 6.07 Å². The third kappa shape index (κ3) is 4.14. The summed E-state index contributed by atoms with van der Waals surface area (Å²) in [5.41, 5.74) is 2.06. The number of hydrogen-bond donors (Lipinski definition) is 2. The number of aliphatic hydroxyl groups is 1. The summed E-state index contributed by atoms with van der Waals surface area (Å²) >= 11 is 0. The number of carbonyl (C=O) groups excluding carboxylic acids is 1. The van der Waals surface area contributed by atoms with Crippen LogP contribution in [0.25, 0.3) is 11.3 Å². The molecule has 1 heterocycles. The van der Waals surface area contributed by atoms with E-state index in [-0.39, 0.29) is 24.6 Å². The van der Waals surface area contributed by atoms with Crippen molar-refractivity contribution in [2.75, 3.05) is 5.32 Å². The maximum atomic E-state index is 12.2. The molecule has 0 saturated heterocycles. The monoisotopic (exact) mass is 352 g/mol. The number of non-ortho nitro benzene ring substituents is 1. The van der Waals surface area contributed by atoms with Crippen molar-refractivity contribution >= 4 is 17.3 Å². The fraction of sp³-hybridized carbons (Fsp3) is 0.105. The molecule has 7 nitrogen and oxygen atoms in total. The van der Waals surface area contributed by atoms with Gasteiger partial charge < -0.3 is 14.8 Å². The van der Waals surface area contributed by atoms with Crippen molar-refractivity contribution < 1.29 is 19.2 Å². The molecular weight excluding hydrogens is 336 g/mol. The largest absolute Gasteiger partial charge is 0.459 e. The maximum absolute atomic E-state index is 12.2. The Labute approximate surface area is 149 Å².